The topological polar surface area (TPSA) is 77.2 Å². The number of alkyl halides is 3. The van der Waals surface area contributed by atoms with Crippen LogP contribution in [0.5, 0.6) is 5.88 Å². The minimum atomic E-state index is -4.93. The fourth-order valence-corrected chi connectivity index (χ4v) is 4.61. The van der Waals surface area contributed by atoms with Gasteiger partial charge in [0.05, 0.1) is 16.8 Å². The van der Waals surface area contributed by atoms with Gasteiger partial charge in [0.25, 0.3) is 0 Å². The first-order chi connectivity index (χ1) is 17.6. The average Bonchev–Trinajstić information content (AvgIpc) is 3.22. The number of fused-ring (bicyclic) bond motifs is 4. The standard InChI is InChI=1S/C26H14F5N3O3/c1-11-12(10-37-19-8-13-7-14-20(15(13)9-32-19)21(14)24(35)36)3-2-4-18(11)34-23-17(6-5-16(27)22(23)28)33-25(34)26(29,30)31/h2-9H,10H2,1H3,(H,35,36). The van der Waals surface area contributed by atoms with Crippen molar-refractivity contribution in [1.29, 1.82) is 0 Å². The van der Waals surface area contributed by atoms with Gasteiger partial charge in [0.15, 0.2) is 11.6 Å². The van der Waals surface area contributed by atoms with Crippen LogP contribution >= 0.6 is 0 Å². The Hall–Kier alpha value is -4.54. The fourth-order valence-electron chi connectivity index (χ4n) is 4.61. The van der Waals surface area contributed by atoms with Crippen molar-refractivity contribution < 1.29 is 36.6 Å². The largest absolute Gasteiger partial charge is 0.478 e. The highest BCUT2D eigenvalue weighted by Gasteiger charge is 2.39. The number of ether oxygens (including phenoxy) is 1. The maximum atomic E-state index is 14.7. The fraction of sp³-hybridized carbons (Fsp3) is 0.115. The monoisotopic (exact) mass is 511 g/mol. The third kappa shape index (κ3) is 3.49. The number of carbonyl (C=O) groups is 1. The molecule has 0 spiro atoms. The number of hydrogen-bond acceptors (Lipinski definition) is 4. The summed E-state index contributed by atoms with van der Waals surface area (Å²) in [6.07, 6.45) is -3.42. The first-order valence-electron chi connectivity index (χ1n) is 10.9. The highest BCUT2D eigenvalue weighted by atomic mass is 19.4. The lowest BCUT2D eigenvalue weighted by Crippen LogP contribution is -2.15. The summed E-state index contributed by atoms with van der Waals surface area (Å²) in [6.45, 7) is 1.47. The zero-order valence-electron chi connectivity index (χ0n) is 18.8. The SMILES string of the molecule is Cc1c(COc2cc3cc4c(C(=O)O)c-4c3cn2)cccc1-n1c(C(F)(F)F)nc2ccc(F)c(F)c21. The van der Waals surface area contributed by atoms with Crippen molar-refractivity contribution in [3.63, 3.8) is 0 Å². The van der Waals surface area contributed by atoms with E-state index in [1.807, 2.05) is 0 Å². The van der Waals surface area contributed by atoms with Gasteiger partial charge in [-0.2, -0.15) is 13.2 Å². The molecule has 0 saturated carbocycles. The van der Waals surface area contributed by atoms with Crippen LogP contribution in [0.4, 0.5) is 22.0 Å². The van der Waals surface area contributed by atoms with Gasteiger partial charge in [-0.15, -0.1) is 0 Å². The minimum absolute atomic E-state index is 0.0275. The molecule has 0 atom stereocenters. The Labute approximate surface area is 204 Å². The van der Waals surface area contributed by atoms with Crippen LogP contribution in [0.1, 0.15) is 27.3 Å². The summed E-state index contributed by atoms with van der Waals surface area (Å²) in [4.78, 5) is 18.9. The zero-order valence-corrected chi connectivity index (χ0v) is 18.8. The number of aromatic carboxylic acids is 1. The van der Waals surface area contributed by atoms with Crippen LogP contribution in [0.15, 0.2) is 48.7 Å². The van der Waals surface area contributed by atoms with Crippen molar-refractivity contribution in [1.82, 2.24) is 14.5 Å². The molecule has 0 fully saturated rings. The van der Waals surface area contributed by atoms with Gasteiger partial charge in [0.1, 0.15) is 12.1 Å². The van der Waals surface area contributed by atoms with Crippen molar-refractivity contribution in [2.45, 2.75) is 19.7 Å². The Morgan fingerprint density at radius 1 is 1.14 bits per heavy atom. The number of nitrogens with zero attached hydrogens (tertiary/aromatic N) is 3. The number of imidazole rings is 1. The molecule has 2 aliphatic rings. The van der Waals surface area contributed by atoms with Crippen LogP contribution in [0.25, 0.3) is 38.6 Å². The zero-order chi connectivity index (χ0) is 26.2. The molecule has 11 heteroatoms. The average molecular weight is 511 g/mol. The maximum absolute atomic E-state index is 14.7. The lowest BCUT2D eigenvalue weighted by Gasteiger charge is -2.17. The summed E-state index contributed by atoms with van der Waals surface area (Å²) >= 11 is 0. The summed E-state index contributed by atoms with van der Waals surface area (Å²) < 4.78 is 76.5. The van der Waals surface area contributed by atoms with E-state index in [1.165, 1.54) is 18.3 Å². The van der Waals surface area contributed by atoms with E-state index in [9.17, 15) is 26.7 Å². The molecule has 186 valence electrons. The van der Waals surface area contributed by atoms with Crippen LogP contribution in [-0.2, 0) is 12.8 Å². The molecule has 2 aromatic heterocycles. The Bertz CT molecular complexity index is 1790. The van der Waals surface area contributed by atoms with Crippen molar-refractivity contribution in [2.75, 3.05) is 0 Å². The third-order valence-electron chi connectivity index (χ3n) is 6.42. The van der Waals surface area contributed by atoms with E-state index in [2.05, 4.69) is 9.97 Å². The lowest BCUT2D eigenvalue weighted by atomic mass is 10.1. The van der Waals surface area contributed by atoms with E-state index in [0.29, 0.717) is 32.2 Å². The Balaban J connectivity index is 1.37. The van der Waals surface area contributed by atoms with Crippen LogP contribution in [-0.4, -0.2) is 25.6 Å². The van der Waals surface area contributed by atoms with E-state index >= 15 is 0 Å². The molecule has 0 bridgehead atoms. The molecule has 0 unspecified atom stereocenters. The highest BCUT2D eigenvalue weighted by Crippen LogP contribution is 2.49. The molecule has 6 nitrogen and oxygen atoms in total. The Morgan fingerprint density at radius 2 is 1.92 bits per heavy atom. The molecule has 2 aliphatic carbocycles. The molecule has 1 N–H and O–H groups in total. The second-order valence-corrected chi connectivity index (χ2v) is 8.57. The molecule has 0 radical (unpaired) electrons. The lowest BCUT2D eigenvalue weighted by molar-refractivity contribution is -0.145. The van der Waals surface area contributed by atoms with Gasteiger partial charge in [-0.25, -0.2) is 23.5 Å². The number of aromatic nitrogens is 3. The van der Waals surface area contributed by atoms with Crippen LogP contribution in [0.3, 0.4) is 0 Å². The van der Waals surface area contributed by atoms with Crippen molar-refractivity contribution >= 4 is 27.8 Å². The smallest absolute Gasteiger partial charge is 0.450 e. The van der Waals surface area contributed by atoms with Gasteiger partial charge in [0.2, 0.25) is 11.7 Å². The van der Waals surface area contributed by atoms with Crippen LogP contribution in [0, 0.1) is 18.6 Å². The molecule has 0 aliphatic heterocycles. The van der Waals surface area contributed by atoms with Gasteiger partial charge in [0, 0.05) is 23.2 Å². The highest BCUT2D eigenvalue weighted by molar-refractivity contribution is 6.24. The van der Waals surface area contributed by atoms with Crippen molar-refractivity contribution in [2.24, 2.45) is 0 Å². The summed E-state index contributed by atoms with van der Waals surface area (Å²) in [6, 6.07) is 9.58. The number of hydrogen-bond donors (Lipinski definition) is 1. The number of carboxylic acid groups (broad SMARTS) is 1. The predicted octanol–water partition coefficient (Wildman–Crippen LogP) is 6.44. The van der Waals surface area contributed by atoms with Gasteiger partial charge in [-0.3, -0.25) is 4.57 Å². The van der Waals surface area contributed by atoms with E-state index in [1.54, 1.807) is 25.1 Å². The number of rotatable bonds is 5. The third-order valence-corrected chi connectivity index (χ3v) is 6.42. The number of benzene rings is 3. The molecule has 0 saturated heterocycles. The summed E-state index contributed by atoms with van der Waals surface area (Å²) in [5.41, 5.74) is 1.44. The van der Waals surface area contributed by atoms with E-state index < -0.39 is 35.1 Å². The molecular formula is C26H14F5N3O3. The molecule has 0 amide bonds. The number of pyridine rings is 1. The second-order valence-electron chi connectivity index (χ2n) is 8.57. The maximum Gasteiger partial charge on any atom is 0.450 e. The molecule has 2 heterocycles. The minimum Gasteiger partial charge on any atom is -0.478 e. The van der Waals surface area contributed by atoms with Gasteiger partial charge < -0.3 is 9.84 Å². The van der Waals surface area contributed by atoms with E-state index in [0.717, 1.165) is 17.5 Å². The first kappa shape index (κ1) is 22.9. The predicted molar refractivity (Wildman–Crippen MR) is 123 cm³/mol. The summed E-state index contributed by atoms with van der Waals surface area (Å²) in [5, 5.41) is 10.6. The molecule has 37 heavy (non-hydrogen) atoms. The van der Waals surface area contributed by atoms with Crippen molar-refractivity contribution in [3.05, 3.63) is 82.8 Å². The second kappa shape index (κ2) is 7.73. The molecule has 6 rings (SSSR count). The van der Waals surface area contributed by atoms with Crippen LogP contribution < -0.4 is 4.74 Å². The van der Waals surface area contributed by atoms with Gasteiger partial charge in [-0.1, -0.05) is 12.1 Å². The molecule has 2 aromatic carbocycles. The summed E-state index contributed by atoms with van der Waals surface area (Å²) in [5.74, 6) is -4.87. The van der Waals surface area contributed by atoms with Gasteiger partial charge >= 0.3 is 12.1 Å². The van der Waals surface area contributed by atoms with Gasteiger partial charge in [-0.05, 0) is 53.3 Å². The van der Waals surface area contributed by atoms with Crippen LogP contribution in [0.2, 0.25) is 0 Å². The van der Waals surface area contributed by atoms with E-state index in [4.69, 9.17) is 9.84 Å². The number of halogens is 5. The molecular weight excluding hydrogens is 497 g/mol. The Morgan fingerprint density at radius 3 is 2.65 bits per heavy atom. The normalized spacial score (nSPS) is 12.4. The first-order valence-corrected chi connectivity index (χ1v) is 10.9. The summed E-state index contributed by atoms with van der Waals surface area (Å²) in [7, 11) is 0. The molecule has 4 aromatic rings. The van der Waals surface area contributed by atoms with Crippen molar-refractivity contribution in [3.8, 4) is 22.7 Å². The quantitative estimate of drug-likeness (QED) is 0.270. The Kier molecular flexibility index (Phi) is 4.78. The number of carboxylic acids is 1. The van der Waals surface area contributed by atoms with E-state index in [-0.39, 0.29) is 29.3 Å².